The minimum atomic E-state index is -0.585. The zero-order chi connectivity index (χ0) is 21.0. The zero-order valence-electron chi connectivity index (χ0n) is 18.0. The van der Waals surface area contributed by atoms with Crippen LogP contribution in [0.3, 0.4) is 0 Å². The number of amides is 1. The molecule has 2 atom stereocenters. The van der Waals surface area contributed by atoms with Crippen molar-refractivity contribution in [1.29, 1.82) is 0 Å². The summed E-state index contributed by atoms with van der Waals surface area (Å²) >= 11 is 0. The molecule has 2 aliphatic heterocycles. The third-order valence-electron chi connectivity index (χ3n) is 6.06. The highest BCUT2D eigenvalue weighted by atomic mass is 16.8. The van der Waals surface area contributed by atoms with Gasteiger partial charge >= 0.3 is 0 Å². The van der Waals surface area contributed by atoms with E-state index in [4.69, 9.17) is 14.2 Å². The molecule has 0 spiro atoms. The molecule has 2 saturated heterocycles. The van der Waals surface area contributed by atoms with E-state index in [9.17, 15) is 4.79 Å². The van der Waals surface area contributed by atoms with Gasteiger partial charge in [0.15, 0.2) is 5.79 Å². The van der Waals surface area contributed by atoms with Gasteiger partial charge in [-0.15, -0.1) is 0 Å². The molecule has 2 heterocycles. The van der Waals surface area contributed by atoms with Crippen molar-refractivity contribution in [2.24, 2.45) is 0 Å². The molecule has 1 amide bonds. The van der Waals surface area contributed by atoms with Crippen molar-refractivity contribution < 1.29 is 19.0 Å². The van der Waals surface area contributed by atoms with Gasteiger partial charge in [-0.1, -0.05) is 31.6 Å². The van der Waals surface area contributed by atoms with E-state index in [1.165, 1.54) is 5.57 Å². The third-order valence-corrected chi connectivity index (χ3v) is 6.06. The minimum absolute atomic E-state index is 0.0719. The number of carbonyl (C=O) groups is 1. The van der Waals surface area contributed by atoms with Gasteiger partial charge in [0.2, 0.25) is 5.91 Å². The molecule has 0 saturated carbocycles. The second-order valence-corrected chi connectivity index (χ2v) is 8.18. The summed E-state index contributed by atoms with van der Waals surface area (Å²) in [7, 11) is 0. The summed E-state index contributed by atoms with van der Waals surface area (Å²) in [6.45, 7) is 8.08. The summed E-state index contributed by atoms with van der Waals surface area (Å²) in [6, 6.07) is 8.18. The smallest absolute Gasteiger partial charge is 0.219 e. The first-order valence-corrected chi connectivity index (χ1v) is 11.0. The van der Waals surface area contributed by atoms with Crippen LogP contribution in [0.15, 0.2) is 48.1 Å². The van der Waals surface area contributed by atoms with Crippen molar-refractivity contribution in [3.8, 4) is 5.75 Å². The lowest BCUT2D eigenvalue weighted by Gasteiger charge is -2.35. The first-order valence-electron chi connectivity index (χ1n) is 11.0. The van der Waals surface area contributed by atoms with Crippen molar-refractivity contribution in [2.45, 2.75) is 45.0 Å². The maximum Gasteiger partial charge on any atom is 0.219 e. The van der Waals surface area contributed by atoms with Gasteiger partial charge < -0.3 is 24.0 Å². The maximum atomic E-state index is 11.5. The number of hydrogen-bond donors (Lipinski definition) is 0. The minimum Gasteiger partial charge on any atom is -0.491 e. The topological polar surface area (TPSA) is 51.2 Å². The van der Waals surface area contributed by atoms with Crippen LogP contribution in [-0.4, -0.2) is 62.1 Å². The van der Waals surface area contributed by atoms with Crippen LogP contribution in [0.4, 0.5) is 5.69 Å². The van der Waals surface area contributed by atoms with Crippen LogP contribution in [0.25, 0.3) is 0 Å². The lowest BCUT2D eigenvalue weighted by atomic mass is 10.0. The van der Waals surface area contributed by atoms with E-state index in [-0.39, 0.29) is 12.0 Å². The number of anilines is 1. The molecular weight excluding hydrogens is 380 g/mol. The van der Waals surface area contributed by atoms with Crippen LogP contribution in [-0.2, 0) is 14.3 Å². The Morgan fingerprint density at radius 3 is 2.60 bits per heavy atom. The van der Waals surface area contributed by atoms with Crippen molar-refractivity contribution in [3.05, 3.63) is 48.1 Å². The van der Waals surface area contributed by atoms with Gasteiger partial charge in [0, 0.05) is 45.2 Å². The van der Waals surface area contributed by atoms with Gasteiger partial charge in [0.05, 0.1) is 6.61 Å². The van der Waals surface area contributed by atoms with E-state index in [1.54, 1.807) is 6.92 Å². The molecule has 1 aliphatic carbocycles. The monoisotopic (exact) mass is 412 g/mol. The molecule has 6 nitrogen and oxygen atoms in total. The normalized spacial score (nSPS) is 26.2. The molecule has 0 aromatic heterocycles. The number of ether oxygens (including phenoxy) is 3. The second kappa shape index (κ2) is 9.23. The summed E-state index contributed by atoms with van der Waals surface area (Å²) in [4.78, 5) is 15.7. The standard InChI is InChI=1S/C24H32N2O4/c1-3-12-24(20-6-4-5-7-20)29-18-23(30-24)17-28-22-10-8-21(9-11-22)26-15-13-25(14-16-26)19(2)27/h4-6,8-11,23H,3,7,12-18H2,1-2H3. The van der Waals surface area contributed by atoms with Gasteiger partial charge in [0.25, 0.3) is 0 Å². The zero-order valence-corrected chi connectivity index (χ0v) is 18.0. The van der Waals surface area contributed by atoms with E-state index >= 15 is 0 Å². The quantitative estimate of drug-likeness (QED) is 0.686. The predicted molar refractivity (Wildman–Crippen MR) is 117 cm³/mol. The molecule has 1 aromatic rings. The predicted octanol–water partition coefficient (Wildman–Crippen LogP) is 3.53. The molecule has 3 aliphatic rings. The summed E-state index contributed by atoms with van der Waals surface area (Å²) in [5, 5.41) is 0. The number of rotatable bonds is 7. The Kier molecular flexibility index (Phi) is 6.44. The summed E-state index contributed by atoms with van der Waals surface area (Å²) < 4.78 is 18.5. The van der Waals surface area contributed by atoms with Crippen molar-refractivity contribution in [1.82, 2.24) is 4.90 Å². The summed E-state index contributed by atoms with van der Waals surface area (Å²) in [5.74, 6) is 0.400. The molecule has 2 unspecified atom stereocenters. The number of carbonyl (C=O) groups excluding carboxylic acids is 1. The Hall–Kier alpha value is -2.31. The molecule has 2 fully saturated rings. The Morgan fingerprint density at radius 1 is 1.20 bits per heavy atom. The average molecular weight is 413 g/mol. The summed E-state index contributed by atoms with van der Waals surface area (Å²) in [6.07, 6.45) is 9.03. The van der Waals surface area contributed by atoms with E-state index in [1.807, 2.05) is 17.0 Å². The molecule has 0 radical (unpaired) electrons. The van der Waals surface area contributed by atoms with Crippen LogP contribution in [0.2, 0.25) is 0 Å². The molecule has 1 aromatic carbocycles. The van der Waals surface area contributed by atoms with Gasteiger partial charge in [-0.25, -0.2) is 0 Å². The Labute approximate surface area is 179 Å². The molecule has 0 N–H and O–H groups in total. The van der Waals surface area contributed by atoms with Crippen LogP contribution in [0, 0.1) is 0 Å². The van der Waals surface area contributed by atoms with E-state index in [0.717, 1.165) is 56.9 Å². The van der Waals surface area contributed by atoms with Gasteiger partial charge in [0.1, 0.15) is 18.5 Å². The number of nitrogens with zero attached hydrogens (tertiary/aromatic N) is 2. The van der Waals surface area contributed by atoms with E-state index < -0.39 is 5.79 Å². The van der Waals surface area contributed by atoms with Crippen LogP contribution in [0.1, 0.15) is 33.1 Å². The fourth-order valence-electron chi connectivity index (χ4n) is 4.39. The third kappa shape index (κ3) is 4.55. The largest absolute Gasteiger partial charge is 0.491 e. The van der Waals surface area contributed by atoms with Crippen molar-refractivity contribution in [3.63, 3.8) is 0 Å². The molecule has 30 heavy (non-hydrogen) atoms. The van der Waals surface area contributed by atoms with Crippen LogP contribution >= 0.6 is 0 Å². The Balaban J connectivity index is 1.28. The van der Waals surface area contributed by atoms with Gasteiger partial charge in [-0.2, -0.15) is 0 Å². The second-order valence-electron chi connectivity index (χ2n) is 8.18. The van der Waals surface area contributed by atoms with Crippen LogP contribution < -0.4 is 9.64 Å². The maximum absolute atomic E-state index is 11.5. The van der Waals surface area contributed by atoms with Crippen molar-refractivity contribution in [2.75, 3.05) is 44.3 Å². The fourth-order valence-corrected chi connectivity index (χ4v) is 4.39. The number of benzene rings is 1. The highest BCUT2D eigenvalue weighted by Gasteiger charge is 2.44. The number of allylic oxidation sites excluding steroid dienone is 3. The SMILES string of the molecule is CCCC1(C2=CC=CC2)OCC(COc2ccc(N3CCN(C(C)=O)CC3)cc2)O1. The molecule has 6 heteroatoms. The Morgan fingerprint density at radius 2 is 1.97 bits per heavy atom. The van der Waals surface area contributed by atoms with E-state index in [2.05, 4.69) is 42.2 Å². The lowest BCUT2D eigenvalue weighted by molar-refractivity contribution is -0.146. The van der Waals surface area contributed by atoms with Gasteiger partial charge in [-0.05, 0) is 36.3 Å². The highest BCUT2D eigenvalue weighted by molar-refractivity contribution is 5.73. The first kappa shape index (κ1) is 20.9. The number of piperazine rings is 1. The average Bonchev–Trinajstić information content (AvgIpc) is 3.44. The van der Waals surface area contributed by atoms with E-state index in [0.29, 0.717) is 13.2 Å². The highest BCUT2D eigenvalue weighted by Crippen LogP contribution is 2.39. The molecule has 0 bridgehead atoms. The number of hydrogen-bond acceptors (Lipinski definition) is 5. The fraction of sp³-hybridized carbons (Fsp3) is 0.542. The summed E-state index contributed by atoms with van der Waals surface area (Å²) in [5.41, 5.74) is 2.37. The van der Waals surface area contributed by atoms with Gasteiger partial charge in [-0.3, -0.25) is 4.79 Å². The van der Waals surface area contributed by atoms with Crippen LogP contribution in [0.5, 0.6) is 5.75 Å². The molecule has 162 valence electrons. The lowest BCUT2D eigenvalue weighted by Crippen LogP contribution is -2.48. The molecular formula is C24H32N2O4. The first-order chi connectivity index (χ1) is 14.6. The molecule has 4 rings (SSSR count). The Bertz CT molecular complexity index is 796. The van der Waals surface area contributed by atoms with Crippen molar-refractivity contribution >= 4 is 11.6 Å².